The third-order valence-corrected chi connectivity index (χ3v) is 2.44. The topological polar surface area (TPSA) is 90.7 Å². The minimum absolute atomic E-state index is 0.410. The van der Waals surface area contributed by atoms with Gasteiger partial charge in [-0.15, -0.1) is 0 Å². The van der Waals surface area contributed by atoms with Gasteiger partial charge in [0.25, 0.3) is 0 Å². The highest BCUT2D eigenvalue weighted by molar-refractivity contribution is 5.45. The molecule has 16 heavy (non-hydrogen) atoms. The van der Waals surface area contributed by atoms with Gasteiger partial charge >= 0.3 is 0 Å². The number of hydrogen-bond donors (Lipinski definition) is 1. The SMILES string of the molecule is CCC(C)(N)c1nc(-c2cnccn2)no1. The lowest BCUT2D eigenvalue weighted by Crippen LogP contribution is -2.32. The van der Waals surface area contributed by atoms with Crippen molar-refractivity contribution in [1.29, 1.82) is 0 Å². The van der Waals surface area contributed by atoms with Crippen molar-refractivity contribution in [1.82, 2.24) is 20.1 Å². The van der Waals surface area contributed by atoms with Crippen LogP contribution in [0.3, 0.4) is 0 Å². The predicted molar refractivity (Wildman–Crippen MR) is 57.2 cm³/mol. The zero-order chi connectivity index (χ0) is 11.6. The van der Waals surface area contributed by atoms with Gasteiger partial charge in [-0.1, -0.05) is 12.1 Å². The summed E-state index contributed by atoms with van der Waals surface area (Å²) in [5, 5.41) is 3.83. The van der Waals surface area contributed by atoms with E-state index in [4.69, 9.17) is 10.3 Å². The maximum atomic E-state index is 6.00. The molecule has 0 aliphatic carbocycles. The average molecular weight is 219 g/mol. The zero-order valence-corrected chi connectivity index (χ0v) is 9.21. The Labute approximate surface area is 92.9 Å². The lowest BCUT2D eigenvalue weighted by atomic mass is 10.0. The molecule has 6 nitrogen and oxygen atoms in total. The summed E-state index contributed by atoms with van der Waals surface area (Å²) in [5.41, 5.74) is 5.97. The molecule has 0 amide bonds. The standard InChI is InChI=1S/C10H13N5O/c1-3-10(2,11)9-14-8(15-16-9)7-6-12-4-5-13-7/h4-6H,3,11H2,1-2H3. The first kappa shape index (κ1) is 10.7. The van der Waals surface area contributed by atoms with Gasteiger partial charge in [0, 0.05) is 12.4 Å². The fourth-order valence-electron chi connectivity index (χ4n) is 1.13. The molecule has 2 aromatic heterocycles. The molecule has 6 heteroatoms. The number of nitrogens with zero attached hydrogens (tertiary/aromatic N) is 4. The van der Waals surface area contributed by atoms with Crippen LogP contribution in [0.1, 0.15) is 26.2 Å². The van der Waals surface area contributed by atoms with Crippen molar-refractivity contribution < 1.29 is 4.52 Å². The van der Waals surface area contributed by atoms with E-state index in [-0.39, 0.29) is 0 Å². The minimum Gasteiger partial charge on any atom is -0.337 e. The van der Waals surface area contributed by atoms with E-state index in [0.717, 1.165) is 6.42 Å². The third kappa shape index (κ3) is 1.92. The third-order valence-electron chi connectivity index (χ3n) is 2.44. The van der Waals surface area contributed by atoms with Crippen molar-refractivity contribution in [2.45, 2.75) is 25.8 Å². The highest BCUT2D eigenvalue weighted by atomic mass is 16.5. The summed E-state index contributed by atoms with van der Waals surface area (Å²) in [6, 6.07) is 0. The number of hydrogen-bond acceptors (Lipinski definition) is 6. The molecule has 1 atom stereocenters. The largest absolute Gasteiger partial charge is 0.337 e. The van der Waals surface area contributed by atoms with Crippen molar-refractivity contribution in [3.8, 4) is 11.5 Å². The first-order valence-corrected chi connectivity index (χ1v) is 5.03. The van der Waals surface area contributed by atoms with Gasteiger partial charge in [0.15, 0.2) is 0 Å². The quantitative estimate of drug-likeness (QED) is 0.831. The highest BCUT2D eigenvalue weighted by Crippen LogP contribution is 2.21. The summed E-state index contributed by atoms with van der Waals surface area (Å²) >= 11 is 0. The fourth-order valence-corrected chi connectivity index (χ4v) is 1.13. The Morgan fingerprint density at radius 2 is 2.25 bits per heavy atom. The van der Waals surface area contributed by atoms with Crippen LogP contribution >= 0.6 is 0 Å². The fraction of sp³-hybridized carbons (Fsp3) is 0.400. The van der Waals surface area contributed by atoms with Gasteiger partial charge in [-0.2, -0.15) is 4.98 Å². The molecule has 0 saturated carbocycles. The van der Waals surface area contributed by atoms with E-state index in [1.807, 2.05) is 13.8 Å². The van der Waals surface area contributed by atoms with Crippen LogP contribution < -0.4 is 5.73 Å². The van der Waals surface area contributed by atoms with Gasteiger partial charge in [0.1, 0.15) is 5.69 Å². The van der Waals surface area contributed by atoms with Crippen LogP contribution in [-0.4, -0.2) is 20.1 Å². The molecule has 0 saturated heterocycles. The van der Waals surface area contributed by atoms with Gasteiger partial charge in [-0.25, -0.2) is 4.98 Å². The van der Waals surface area contributed by atoms with E-state index in [0.29, 0.717) is 17.4 Å². The number of aromatic nitrogens is 4. The van der Waals surface area contributed by atoms with Crippen molar-refractivity contribution >= 4 is 0 Å². The molecule has 84 valence electrons. The Kier molecular flexibility index (Phi) is 2.66. The molecule has 0 fully saturated rings. The molecule has 2 heterocycles. The van der Waals surface area contributed by atoms with Crippen molar-refractivity contribution in [3.05, 3.63) is 24.5 Å². The summed E-state index contributed by atoms with van der Waals surface area (Å²) in [7, 11) is 0. The molecule has 0 spiro atoms. The van der Waals surface area contributed by atoms with E-state index < -0.39 is 5.54 Å². The van der Waals surface area contributed by atoms with Crippen molar-refractivity contribution in [2.24, 2.45) is 5.73 Å². The molecule has 0 aliphatic rings. The van der Waals surface area contributed by atoms with E-state index in [9.17, 15) is 0 Å². The zero-order valence-electron chi connectivity index (χ0n) is 9.21. The molecule has 1 unspecified atom stereocenters. The second kappa shape index (κ2) is 3.97. The molecule has 0 aliphatic heterocycles. The van der Waals surface area contributed by atoms with Crippen LogP contribution in [0.25, 0.3) is 11.5 Å². The summed E-state index contributed by atoms with van der Waals surface area (Å²) < 4.78 is 5.12. The molecular weight excluding hydrogens is 206 g/mol. The molecule has 0 radical (unpaired) electrons. The summed E-state index contributed by atoms with van der Waals surface area (Å²) in [6.45, 7) is 3.81. The summed E-state index contributed by atoms with van der Waals surface area (Å²) in [6.07, 6.45) is 5.46. The predicted octanol–water partition coefficient (Wildman–Crippen LogP) is 1.11. The molecular formula is C10H13N5O. The van der Waals surface area contributed by atoms with Gasteiger partial charge in [-0.3, -0.25) is 4.98 Å². The highest BCUT2D eigenvalue weighted by Gasteiger charge is 2.26. The lowest BCUT2D eigenvalue weighted by molar-refractivity contribution is 0.291. The van der Waals surface area contributed by atoms with E-state index >= 15 is 0 Å². The first-order chi connectivity index (χ1) is 7.63. The second-order valence-electron chi connectivity index (χ2n) is 3.78. The van der Waals surface area contributed by atoms with E-state index in [2.05, 4.69) is 20.1 Å². The summed E-state index contributed by atoms with van der Waals surface area (Å²) in [4.78, 5) is 12.2. The van der Waals surface area contributed by atoms with E-state index in [1.54, 1.807) is 18.6 Å². The van der Waals surface area contributed by atoms with Crippen molar-refractivity contribution in [2.75, 3.05) is 0 Å². The van der Waals surface area contributed by atoms with Crippen molar-refractivity contribution in [3.63, 3.8) is 0 Å². The Balaban J connectivity index is 2.34. The van der Waals surface area contributed by atoms with Gasteiger partial charge < -0.3 is 10.3 Å². The van der Waals surface area contributed by atoms with Crippen LogP contribution in [-0.2, 0) is 5.54 Å². The van der Waals surface area contributed by atoms with Gasteiger partial charge in [0.05, 0.1) is 11.7 Å². The maximum Gasteiger partial charge on any atom is 0.246 e. The number of rotatable bonds is 3. The molecule has 2 rings (SSSR count). The minimum atomic E-state index is -0.604. The van der Waals surface area contributed by atoms with Gasteiger partial charge in [0.2, 0.25) is 11.7 Å². The molecule has 0 aromatic carbocycles. The van der Waals surface area contributed by atoms with Gasteiger partial charge in [-0.05, 0) is 13.3 Å². The molecule has 0 bridgehead atoms. The van der Waals surface area contributed by atoms with Crippen LogP contribution in [0.15, 0.2) is 23.1 Å². The maximum absolute atomic E-state index is 6.00. The lowest BCUT2D eigenvalue weighted by Gasteiger charge is -2.16. The van der Waals surface area contributed by atoms with Crippen LogP contribution in [0, 0.1) is 0 Å². The molecule has 2 aromatic rings. The van der Waals surface area contributed by atoms with E-state index in [1.165, 1.54) is 0 Å². The Morgan fingerprint density at radius 1 is 1.44 bits per heavy atom. The van der Waals surface area contributed by atoms with Crippen LogP contribution in [0.2, 0.25) is 0 Å². The van der Waals surface area contributed by atoms with Crippen LogP contribution in [0.5, 0.6) is 0 Å². The Hall–Kier alpha value is -1.82. The Morgan fingerprint density at radius 3 is 2.88 bits per heavy atom. The monoisotopic (exact) mass is 219 g/mol. The number of nitrogens with two attached hydrogens (primary N) is 1. The van der Waals surface area contributed by atoms with Crippen LogP contribution in [0.4, 0.5) is 0 Å². The Bertz CT molecular complexity index is 465. The second-order valence-corrected chi connectivity index (χ2v) is 3.78. The smallest absolute Gasteiger partial charge is 0.246 e. The average Bonchev–Trinajstić information content (AvgIpc) is 2.80. The first-order valence-electron chi connectivity index (χ1n) is 5.03. The molecule has 2 N–H and O–H groups in total. The summed E-state index contributed by atoms with van der Waals surface area (Å²) in [5.74, 6) is 0.823. The normalized spacial score (nSPS) is 14.7.